The molecule has 0 radical (unpaired) electrons. The highest BCUT2D eigenvalue weighted by Gasteiger charge is 2.17. The van der Waals surface area contributed by atoms with E-state index >= 15 is 0 Å². The first-order valence-electron chi connectivity index (χ1n) is 8.60. The van der Waals surface area contributed by atoms with Gasteiger partial charge in [0.15, 0.2) is 5.82 Å². The van der Waals surface area contributed by atoms with Gasteiger partial charge in [0, 0.05) is 30.4 Å². The van der Waals surface area contributed by atoms with Gasteiger partial charge in [-0.3, -0.25) is 9.89 Å². The Morgan fingerprint density at radius 3 is 2.75 bits per heavy atom. The zero-order valence-electron chi connectivity index (χ0n) is 15.3. The first-order chi connectivity index (χ1) is 13.5. The highest BCUT2D eigenvalue weighted by Crippen LogP contribution is 2.34. The maximum atomic E-state index is 11.4. The third kappa shape index (κ3) is 3.39. The number of carbonyl (C=O) groups excluding carboxylic acids is 1. The van der Waals surface area contributed by atoms with Gasteiger partial charge in [-0.15, -0.1) is 0 Å². The van der Waals surface area contributed by atoms with Crippen molar-refractivity contribution >= 4 is 23.3 Å². The summed E-state index contributed by atoms with van der Waals surface area (Å²) < 4.78 is 2.00. The Morgan fingerprint density at radius 1 is 1.21 bits per heavy atom. The van der Waals surface area contributed by atoms with Crippen molar-refractivity contribution in [3.63, 3.8) is 0 Å². The molecule has 0 fully saturated rings. The Bertz CT molecular complexity index is 1150. The number of nitrogens with zero attached hydrogens (tertiary/aromatic N) is 4. The van der Waals surface area contributed by atoms with Crippen LogP contribution in [0.3, 0.4) is 0 Å². The van der Waals surface area contributed by atoms with Gasteiger partial charge in [0.1, 0.15) is 12.1 Å². The Balaban J connectivity index is 1.93. The second-order valence-corrected chi connectivity index (χ2v) is 6.74. The largest absolute Gasteiger partial charge is 0.314 e. The van der Waals surface area contributed by atoms with Crippen LogP contribution in [0.2, 0.25) is 5.02 Å². The number of pyridine rings is 1. The molecule has 0 bridgehead atoms. The fraction of sp³-hybridized carbons (Fsp3) is 0.100. The van der Waals surface area contributed by atoms with Gasteiger partial charge in [-0.25, -0.2) is 9.97 Å². The number of carbonyl (C=O) groups is 1. The van der Waals surface area contributed by atoms with Gasteiger partial charge in [-0.1, -0.05) is 23.7 Å². The molecule has 140 valence electrons. The number of halogens is 1. The number of hydrogen-bond donors (Lipinski definition) is 2. The molecular formula is C20H17ClN6O. The Kier molecular flexibility index (Phi) is 4.67. The van der Waals surface area contributed by atoms with Crippen molar-refractivity contribution in [2.75, 3.05) is 5.32 Å². The number of aromatic amines is 1. The van der Waals surface area contributed by atoms with Gasteiger partial charge in [-0.05, 0) is 36.8 Å². The lowest BCUT2D eigenvalue weighted by molar-refractivity contribution is -0.114. The molecule has 3 heterocycles. The Morgan fingerprint density at radius 2 is 2.04 bits per heavy atom. The van der Waals surface area contributed by atoms with Crippen LogP contribution in [0, 0.1) is 6.92 Å². The summed E-state index contributed by atoms with van der Waals surface area (Å²) in [7, 11) is 0. The fourth-order valence-electron chi connectivity index (χ4n) is 3.04. The number of anilines is 1. The summed E-state index contributed by atoms with van der Waals surface area (Å²) in [5.74, 6) is 0.966. The minimum Gasteiger partial charge on any atom is -0.314 e. The lowest BCUT2D eigenvalue weighted by atomic mass is 10.1. The van der Waals surface area contributed by atoms with Gasteiger partial charge in [0.2, 0.25) is 5.91 Å². The number of aryl methyl sites for hydroxylation is 1. The van der Waals surface area contributed by atoms with E-state index in [4.69, 9.17) is 11.6 Å². The number of hydrogen-bond acceptors (Lipinski definition) is 4. The molecule has 28 heavy (non-hydrogen) atoms. The van der Waals surface area contributed by atoms with Crippen LogP contribution >= 0.6 is 11.6 Å². The maximum absolute atomic E-state index is 11.4. The minimum absolute atomic E-state index is 0.175. The van der Waals surface area contributed by atoms with Crippen molar-refractivity contribution in [1.29, 1.82) is 0 Å². The molecule has 4 rings (SSSR count). The van der Waals surface area contributed by atoms with Crippen LogP contribution in [-0.2, 0) is 4.79 Å². The summed E-state index contributed by atoms with van der Waals surface area (Å²) in [5, 5.41) is 10.2. The Hall–Kier alpha value is -3.45. The highest BCUT2D eigenvalue weighted by atomic mass is 35.5. The molecule has 8 heteroatoms. The van der Waals surface area contributed by atoms with Gasteiger partial charge in [0.05, 0.1) is 16.4 Å². The Labute approximate surface area is 166 Å². The van der Waals surface area contributed by atoms with Crippen LogP contribution in [0.15, 0.2) is 55.1 Å². The normalized spacial score (nSPS) is 10.8. The van der Waals surface area contributed by atoms with Crippen molar-refractivity contribution in [3.8, 4) is 28.3 Å². The smallest absolute Gasteiger partial charge is 0.222 e. The zero-order valence-corrected chi connectivity index (χ0v) is 16.0. The summed E-state index contributed by atoms with van der Waals surface area (Å²) in [6.45, 7) is 3.42. The van der Waals surface area contributed by atoms with E-state index in [2.05, 4.69) is 25.5 Å². The molecule has 0 unspecified atom stereocenters. The predicted molar refractivity (Wildman–Crippen MR) is 108 cm³/mol. The molecule has 0 aliphatic rings. The van der Waals surface area contributed by atoms with Crippen molar-refractivity contribution in [2.45, 2.75) is 13.8 Å². The zero-order chi connectivity index (χ0) is 19.7. The fourth-order valence-corrected chi connectivity index (χ4v) is 3.27. The molecule has 3 aromatic heterocycles. The highest BCUT2D eigenvalue weighted by molar-refractivity contribution is 6.32. The van der Waals surface area contributed by atoms with Crippen LogP contribution in [-0.4, -0.2) is 30.6 Å². The standard InChI is InChI=1S/C20H17ClN6O/c1-12-9-22-19(25-13(2)28)8-15(12)18-7-14(20-23-11-24-26-20)10-27(18)17-6-4-3-5-16(17)21/h3-11H,1-2H3,(H,22,25,28)(H,23,24,26). The van der Waals surface area contributed by atoms with E-state index in [1.165, 1.54) is 13.3 Å². The van der Waals surface area contributed by atoms with Crippen molar-refractivity contribution < 1.29 is 4.79 Å². The average Bonchev–Trinajstić information content (AvgIpc) is 3.33. The first-order valence-corrected chi connectivity index (χ1v) is 8.98. The second-order valence-electron chi connectivity index (χ2n) is 6.34. The molecule has 0 aliphatic heterocycles. The number of para-hydroxylation sites is 1. The van der Waals surface area contributed by atoms with Crippen LogP contribution < -0.4 is 5.32 Å². The van der Waals surface area contributed by atoms with Gasteiger partial charge in [0.25, 0.3) is 0 Å². The van der Waals surface area contributed by atoms with Gasteiger partial charge >= 0.3 is 0 Å². The predicted octanol–water partition coefficient (Wildman–Crippen LogP) is 4.24. The quantitative estimate of drug-likeness (QED) is 0.543. The second kappa shape index (κ2) is 7.28. The lowest BCUT2D eigenvalue weighted by Crippen LogP contribution is -2.08. The van der Waals surface area contributed by atoms with E-state index in [-0.39, 0.29) is 5.91 Å². The number of rotatable bonds is 4. The van der Waals surface area contributed by atoms with Crippen molar-refractivity contribution in [1.82, 2.24) is 24.7 Å². The van der Waals surface area contributed by atoms with Gasteiger partial charge in [-0.2, -0.15) is 5.10 Å². The monoisotopic (exact) mass is 392 g/mol. The van der Waals surface area contributed by atoms with E-state index in [0.717, 1.165) is 28.1 Å². The average molecular weight is 393 g/mol. The summed E-state index contributed by atoms with van der Waals surface area (Å²) in [6, 6.07) is 11.5. The van der Waals surface area contributed by atoms with E-state index in [9.17, 15) is 4.79 Å². The molecule has 0 atom stereocenters. The molecule has 4 aromatic rings. The maximum Gasteiger partial charge on any atom is 0.222 e. The summed E-state index contributed by atoms with van der Waals surface area (Å²) in [4.78, 5) is 20.0. The number of amides is 1. The van der Waals surface area contributed by atoms with E-state index in [1.807, 2.05) is 54.1 Å². The first kappa shape index (κ1) is 17.9. The SMILES string of the molecule is CC(=O)Nc1cc(-c2cc(-c3ncn[nH]3)cn2-c2ccccc2Cl)c(C)cn1. The van der Waals surface area contributed by atoms with Crippen LogP contribution in [0.25, 0.3) is 28.3 Å². The van der Waals surface area contributed by atoms with Crippen LogP contribution in [0.1, 0.15) is 12.5 Å². The van der Waals surface area contributed by atoms with Crippen LogP contribution in [0.5, 0.6) is 0 Å². The molecular weight excluding hydrogens is 376 g/mol. The summed E-state index contributed by atoms with van der Waals surface area (Å²) >= 11 is 6.47. The molecule has 0 saturated heterocycles. The van der Waals surface area contributed by atoms with Gasteiger partial charge < -0.3 is 9.88 Å². The number of nitrogens with one attached hydrogen (secondary N) is 2. The van der Waals surface area contributed by atoms with E-state index in [1.54, 1.807) is 6.20 Å². The molecule has 2 N–H and O–H groups in total. The summed E-state index contributed by atoms with van der Waals surface area (Å²) in [5.41, 5.74) is 4.48. The minimum atomic E-state index is -0.175. The molecule has 7 nitrogen and oxygen atoms in total. The van der Waals surface area contributed by atoms with Crippen molar-refractivity contribution in [3.05, 3.63) is 65.7 Å². The lowest BCUT2D eigenvalue weighted by Gasteiger charge is -2.13. The topological polar surface area (TPSA) is 88.5 Å². The molecule has 0 aliphatic carbocycles. The third-order valence-corrected chi connectivity index (χ3v) is 4.62. The molecule has 0 saturated carbocycles. The molecule has 0 spiro atoms. The van der Waals surface area contributed by atoms with E-state index in [0.29, 0.717) is 16.7 Å². The van der Waals surface area contributed by atoms with Crippen molar-refractivity contribution in [2.24, 2.45) is 0 Å². The molecule has 1 aromatic carbocycles. The number of benzene rings is 1. The molecule has 1 amide bonds. The van der Waals surface area contributed by atoms with E-state index < -0.39 is 0 Å². The third-order valence-electron chi connectivity index (χ3n) is 4.30. The van der Waals surface area contributed by atoms with Crippen LogP contribution in [0.4, 0.5) is 5.82 Å². The number of H-pyrrole nitrogens is 1. The number of aromatic nitrogens is 5. The summed E-state index contributed by atoms with van der Waals surface area (Å²) in [6.07, 6.45) is 5.15.